The van der Waals surface area contributed by atoms with Crippen LogP contribution in [0.25, 0.3) is 0 Å². The van der Waals surface area contributed by atoms with Crippen LogP contribution < -0.4 is 10.5 Å². The molecule has 1 aliphatic rings. The third-order valence-corrected chi connectivity index (χ3v) is 2.79. The van der Waals surface area contributed by atoms with Gasteiger partial charge >= 0.3 is 6.61 Å². The number of amides is 1. The van der Waals surface area contributed by atoms with Gasteiger partial charge in [0.05, 0.1) is 0 Å². The van der Waals surface area contributed by atoms with Gasteiger partial charge in [-0.3, -0.25) is 4.79 Å². The minimum atomic E-state index is -2.87. The molecule has 98 valence electrons. The molecule has 0 aliphatic carbocycles. The van der Waals surface area contributed by atoms with E-state index in [-0.39, 0.29) is 24.2 Å². The van der Waals surface area contributed by atoms with Gasteiger partial charge in [-0.25, -0.2) is 0 Å². The fraction of sp³-hybridized carbons (Fsp3) is 0.417. The second-order valence-electron chi connectivity index (χ2n) is 4.22. The van der Waals surface area contributed by atoms with E-state index in [4.69, 9.17) is 5.73 Å². The number of benzene rings is 1. The van der Waals surface area contributed by atoms with E-state index >= 15 is 0 Å². The van der Waals surface area contributed by atoms with Crippen LogP contribution in [0.4, 0.5) is 8.78 Å². The molecule has 1 fully saturated rings. The van der Waals surface area contributed by atoms with Gasteiger partial charge in [-0.05, 0) is 6.07 Å². The molecule has 2 rings (SSSR count). The fourth-order valence-corrected chi connectivity index (χ4v) is 2.01. The second-order valence-corrected chi connectivity index (χ2v) is 4.22. The largest absolute Gasteiger partial charge is 0.434 e. The van der Waals surface area contributed by atoms with E-state index in [2.05, 4.69) is 4.74 Å². The van der Waals surface area contributed by atoms with E-state index in [1.807, 2.05) is 0 Å². The Kier molecular flexibility index (Phi) is 3.76. The first-order valence-electron chi connectivity index (χ1n) is 5.62. The Hall–Kier alpha value is -1.69. The highest BCUT2D eigenvalue weighted by atomic mass is 19.3. The van der Waals surface area contributed by atoms with Gasteiger partial charge < -0.3 is 15.4 Å². The van der Waals surface area contributed by atoms with Crippen molar-refractivity contribution in [2.24, 2.45) is 5.73 Å². The number of halogens is 2. The molecule has 1 unspecified atom stereocenters. The Morgan fingerprint density at radius 1 is 1.44 bits per heavy atom. The topological polar surface area (TPSA) is 55.6 Å². The van der Waals surface area contributed by atoms with Crippen LogP contribution in [0.2, 0.25) is 0 Å². The number of nitrogens with zero attached hydrogens (tertiary/aromatic N) is 1. The molecule has 2 N–H and O–H groups in total. The Morgan fingerprint density at radius 2 is 2.17 bits per heavy atom. The Bertz CT molecular complexity index is 440. The van der Waals surface area contributed by atoms with Gasteiger partial charge in [0.1, 0.15) is 5.75 Å². The lowest BCUT2D eigenvalue weighted by atomic mass is 10.2. The van der Waals surface area contributed by atoms with Gasteiger partial charge in [-0.15, -0.1) is 0 Å². The molecule has 0 saturated carbocycles. The maximum Gasteiger partial charge on any atom is 0.387 e. The molecular formula is C12H14F2N2O2. The van der Waals surface area contributed by atoms with Crippen LogP contribution in [-0.4, -0.2) is 30.0 Å². The van der Waals surface area contributed by atoms with Crippen molar-refractivity contribution in [1.29, 1.82) is 0 Å². The summed E-state index contributed by atoms with van der Waals surface area (Å²) in [5.41, 5.74) is 6.23. The van der Waals surface area contributed by atoms with Crippen LogP contribution >= 0.6 is 0 Å². The van der Waals surface area contributed by atoms with Crippen molar-refractivity contribution < 1.29 is 18.3 Å². The summed E-state index contributed by atoms with van der Waals surface area (Å²) in [6.45, 7) is -2.18. The predicted octanol–water partition coefficient (Wildman–Crippen LogP) is 1.35. The molecule has 1 aliphatic heterocycles. The molecule has 1 aromatic rings. The van der Waals surface area contributed by atoms with Crippen molar-refractivity contribution in [2.75, 3.05) is 6.54 Å². The SMILES string of the molecule is NC1CC(=O)N(Cc2ccccc2OC(F)F)C1. The summed E-state index contributed by atoms with van der Waals surface area (Å²) in [6.07, 6.45) is 0.303. The van der Waals surface area contributed by atoms with Gasteiger partial charge in [0.25, 0.3) is 0 Å². The number of para-hydroxylation sites is 1. The van der Waals surface area contributed by atoms with E-state index in [1.54, 1.807) is 23.1 Å². The van der Waals surface area contributed by atoms with E-state index < -0.39 is 6.61 Å². The molecule has 0 radical (unpaired) electrons. The first-order valence-corrected chi connectivity index (χ1v) is 5.62. The van der Waals surface area contributed by atoms with Crippen molar-refractivity contribution in [1.82, 2.24) is 4.90 Å². The van der Waals surface area contributed by atoms with Crippen LogP contribution in [-0.2, 0) is 11.3 Å². The number of hydrogen-bond acceptors (Lipinski definition) is 3. The normalized spacial score (nSPS) is 19.7. The van der Waals surface area contributed by atoms with Gasteiger partial charge in [0.15, 0.2) is 0 Å². The summed E-state index contributed by atoms with van der Waals surface area (Å²) in [5.74, 6) is 0.0371. The summed E-state index contributed by atoms with van der Waals surface area (Å²) >= 11 is 0. The summed E-state index contributed by atoms with van der Waals surface area (Å²) in [7, 11) is 0. The highest BCUT2D eigenvalue weighted by Gasteiger charge is 2.27. The third-order valence-electron chi connectivity index (χ3n) is 2.79. The van der Waals surface area contributed by atoms with Gasteiger partial charge in [-0.2, -0.15) is 8.78 Å². The van der Waals surface area contributed by atoms with E-state index in [9.17, 15) is 13.6 Å². The Morgan fingerprint density at radius 3 is 2.78 bits per heavy atom. The molecule has 1 atom stereocenters. The molecule has 0 bridgehead atoms. The van der Waals surface area contributed by atoms with Gasteiger partial charge in [0, 0.05) is 31.1 Å². The molecule has 1 amide bonds. The molecule has 0 aromatic heterocycles. The number of carbonyl (C=O) groups is 1. The summed E-state index contributed by atoms with van der Waals surface area (Å²) in [5, 5.41) is 0. The van der Waals surface area contributed by atoms with Gasteiger partial charge in [0.2, 0.25) is 5.91 Å². The molecule has 1 heterocycles. The highest BCUT2D eigenvalue weighted by molar-refractivity contribution is 5.79. The average Bonchev–Trinajstić information content (AvgIpc) is 2.59. The molecule has 18 heavy (non-hydrogen) atoms. The van der Waals surface area contributed by atoms with E-state index in [1.165, 1.54) is 6.07 Å². The van der Waals surface area contributed by atoms with Crippen LogP contribution in [0, 0.1) is 0 Å². The first kappa shape index (κ1) is 12.8. The number of rotatable bonds is 4. The minimum absolute atomic E-state index is 0.0608. The second kappa shape index (κ2) is 5.30. The maximum absolute atomic E-state index is 12.2. The summed E-state index contributed by atoms with van der Waals surface area (Å²) < 4.78 is 28.9. The summed E-state index contributed by atoms with van der Waals surface area (Å²) in [4.78, 5) is 13.1. The molecule has 1 saturated heterocycles. The number of likely N-dealkylation sites (tertiary alicyclic amines) is 1. The van der Waals surface area contributed by atoms with Crippen LogP contribution in [0.3, 0.4) is 0 Å². The molecule has 0 spiro atoms. The molecule has 1 aromatic carbocycles. The zero-order valence-corrected chi connectivity index (χ0v) is 9.68. The van der Waals surface area contributed by atoms with E-state index in [0.29, 0.717) is 18.5 Å². The molecular weight excluding hydrogens is 242 g/mol. The number of alkyl halides is 2. The zero-order valence-electron chi connectivity index (χ0n) is 9.68. The summed E-state index contributed by atoms with van der Waals surface area (Å²) in [6, 6.07) is 6.27. The fourth-order valence-electron chi connectivity index (χ4n) is 2.01. The monoisotopic (exact) mass is 256 g/mol. The lowest BCUT2D eigenvalue weighted by Gasteiger charge is -2.18. The van der Waals surface area contributed by atoms with Crippen LogP contribution in [0.1, 0.15) is 12.0 Å². The highest BCUT2D eigenvalue weighted by Crippen LogP contribution is 2.23. The molecule has 6 heteroatoms. The number of nitrogens with two attached hydrogens (primary N) is 1. The average molecular weight is 256 g/mol. The van der Waals surface area contributed by atoms with Crippen molar-refractivity contribution >= 4 is 5.91 Å². The van der Waals surface area contributed by atoms with Crippen LogP contribution in [0.15, 0.2) is 24.3 Å². The zero-order chi connectivity index (χ0) is 13.1. The maximum atomic E-state index is 12.2. The van der Waals surface area contributed by atoms with Gasteiger partial charge in [-0.1, -0.05) is 18.2 Å². The van der Waals surface area contributed by atoms with Crippen molar-refractivity contribution in [3.8, 4) is 5.75 Å². The standard InChI is InChI=1S/C12H14F2N2O2/c13-12(14)18-10-4-2-1-3-8(10)6-16-7-9(15)5-11(16)17/h1-4,9,12H,5-7,15H2. The van der Waals surface area contributed by atoms with Crippen molar-refractivity contribution in [2.45, 2.75) is 25.6 Å². The number of hydrogen-bond donors (Lipinski definition) is 1. The Balaban J connectivity index is 2.11. The van der Waals surface area contributed by atoms with Crippen molar-refractivity contribution in [3.63, 3.8) is 0 Å². The minimum Gasteiger partial charge on any atom is -0.434 e. The number of carbonyl (C=O) groups excluding carboxylic acids is 1. The smallest absolute Gasteiger partial charge is 0.387 e. The first-order chi connectivity index (χ1) is 8.56. The van der Waals surface area contributed by atoms with Crippen LogP contribution in [0.5, 0.6) is 5.75 Å². The Labute approximate surface area is 103 Å². The third kappa shape index (κ3) is 2.95. The number of ether oxygens (including phenoxy) is 1. The van der Waals surface area contributed by atoms with E-state index in [0.717, 1.165) is 0 Å². The van der Waals surface area contributed by atoms with Crippen molar-refractivity contribution in [3.05, 3.63) is 29.8 Å². The lowest BCUT2D eigenvalue weighted by molar-refractivity contribution is -0.128. The predicted molar refractivity (Wildman–Crippen MR) is 61.1 cm³/mol. The molecule has 4 nitrogen and oxygen atoms in total. The quantitative estimate of drug-likeness (QED) is 0.884. The lowest BCUT2D eigenvalue weighted by Crippen LogP contribution is -2.28.